The average Bonchev–Trinajstić information content (AvgIpc) is 3.28. The molecule has 2 atom stereocenters. The Morgan fingerprint density at radius 1 is 1.11 bits per heavy atom. The summed E-state index contributed by atoms with van der Waals surface area (Å²) in [7, 11) is 0. The van der Waals surface area contributed by atoms with Crippen LogP contribution in [0.15, 0.2) is 55.1 Å². The maximum absolute atomic E-state index is 12.6. The highest BCUT2D eigenvalue weighted by Crippen LogP contribution is 2.40. The van der Waals surface area contributed by atoms with Gasteiger partial charge in [0.1, 0.15) is 18.1 Å². The Labute approximate surface area is 244 Å². The van der Waals surface area contributed by atoms with Crippen LogP contribution in [0.3, 0.4) is 0 Å². The quantitative estimate of drug-likeness (QED) is 0.142. The molecule has 0 saturated heterocycles. The summed E-state index contributed by atoms with van der Waals surface area (Å²) >= 11 is 0. The molecule has 1 aliphatic heterocycles. The molecule has 2 aromatic rings. The predicted molar refractivity (Wildman–Crippen MR) is 173 cm³/mol. The lowest BCUT2D eigenvalue weighted by Gasteiger charge is -2.23. The number of carbonyl (C=O) groups is 1. The third kappa shape index (κ3) is 10.1. The Kier molecular flexibility index (Phi) is 16.5. The Morgan fingerprint density at radius 3 is 2.57 bits per heavy atom. The number of fused-ring (bicyclic) bond motifs is 1. The van der Waals surface area contributed by atoms with Crippen molar-refractivity contribution in [1.82, 2.24) is 5.32 Å². The molecule has 4 nitrogen and oxygen atoms in total. The number of Topliss-reactive ketones (excluding diaryl/α,β-unsaturated/α-hetero) is 1. The van der Waals surface area contributed by atoms with Crippen LogP contribution >= 0.6 is 24.0 Å². The van der Waals surface area contributed by atoms with Gasteiger partial charge in [-0.25, -0.2) is 0 Å². The lowest BCUT2D eigenvalue weighted by Crippen LogP contribution is -2.26. The van der Waals surface area contributed by atoms with Gasteiger partial charge in [0.25, 0.3) is 0 Å². The summed E-state index contributed by atoms with van der Waals surface area (Å²) in [6.45, 7) is 12.8. The molecule has 3 rings (SSSR count). The summed E-state index contributed by atoms with van der Waals surface area (Å²) < 4.78 is 5.73. The highest BCUT2D eigenvalue weighted by molar-refractivity contribution is 14.0. The second kappa shape index (κ2) is 18.4. The first kappa shape index (κ1) is 33.2. The Hall–Kier alpha value is -1.86. The van der Waals surface area contributed by atoms with Gasteiger partial charge in [0.05, 0.1) is 5.92 Å². The van der Waals surface area contributed by atoms with Crippen LogP contribution < -0.4 is 15.0 Å². The molecule has 208 valence electrons. The highest BCUT2D eigenvalue weighted by Gasteiger charge is 2.33. The average molecular weight is 623 g/mol. The smallest absolute Gasteiger partial charge is 0.141 e. The second-order valence-electron chi connectivity index (χ2n) is 9.63. The van der Waals surface area contributed by atoms with Crippen molar-refractivity contribution in [1.29, 1.82) is 0 Å². The number of unbranched alkanes of at least 4 members (excludes halogenated alkanes) is 1. The minimum absolute atomic E-state index is 0. The van der Waals surface area contributed by atoms with Gasteiger partial charge >= 0.3 is 0 Å². The number of anilines is 1. The van der Waals surface area contributed by atoms with E-state index in [0.29, 0.717) is 18.8 Å². The minimum Gasteiger partial charge on any atom is -0.492 e. The van der Waals surface area contributed by atoms with Crippen LogP contribution in [0.1, 0.15) is 84.7 Å². The molecule has 2 unspecified atom stereocenters. The maximum atomic E-state index is 12.6. The highest BCUT2D eigenvalue weighted by atomic mass is 127. The number of hydrogen-bond donors (Lipinski definition) is 1. The molecule has 0 amide bonds. The van der Waals surface area contributed by atoms with E-state index in [1.165, 1.54) is 49.8 Å². The van der Waals surface area contributed by atoms with Crippen molar-refractivity contribution in [2.45, 2.75) is 72.1 Å². The number of halogens is 1. The zero-order valence-corrected chi connectivity index (χ0v) is 24.5. The number of para-hydroxylation sites is 2. The third-order valence-electron chi connectivity index (χ3n) is 7.27. The zero-order valence-electron chi connectivity index (χ0n) is 22.2. The van der Waals surface area contributed by atoms with Gasteiger partial charge in [-0.2, -0.15) is 0 Å². The SMILES string of the molecule is C.C=Cc1cccc2c1N(CCCC(CC)CCCCNCCOc1ccccc1)CC2C(=O)CC.I.[HH]. The van der Waals surface area contributed by atoms with E-state index in [4.69, 9.17) is 4.74 Å². The second-order valence-corrected chi connectivity index (χ2v) is 9.63. The van der Waals surface area contributed by atoms with Gasteiger partial charge in [0.2, 0.25) is 0 Å². The van der Waals surface area contributed by atoms with Crippen LogP contribution in [0.5, 0.6) is 5.75 Å². The molecular weight excluding hydrogens is 571 g/mol. The fourth-order valence-electron chi connectivity index (χ4n) is 5.21. The molecule has 0 spiro atoms. The number of benzene rings is 2. The van der Waals surface area contributed by atoms with Gasteiger partial charge < -0.3 is 15.0 Å². The Balaban J connectivity index is 0.00000456. The molecule has 0 bridgehead atoms. The molecule has 1 aliphatic rings. The van der Waals surface area contributed by atoms with Crippen LogP contribution in [0.2, 0.25) is 0 Å². The van der Waals surface area contributed by atoms with Gasteiger partial charge in [-0.05, 0) is 55.0 Å². The summed E-state index contributed by atoms with van der Waals surface area (Å²) in [5.74, 6) is 2.08. The molecule has 0 aliphatic carbocycles. The van der Waals surface area contributed by atoms with Crippen LogP contribution in [0, 0.1) is 5.92 Å². The van der Waals surface area contributed by atoms with Crippen LogP contribution in [0.25, 0.3) is 6.08 Å². The summed E-state index contributed by atoms with van der Waals surface area (Å²) in [4.78, 5) is 15.0. The summed E-state index contributed by atoms with van der Waals surface area (Å²) in [5, 5.41) is 3.50. The number of rotatable bonds is 17. The van der Waals surface area contributed by atoms with Crippen molar-refractivity contribution in [3.05, 3.63) is 66.2 Å². The molecule has 0 fully saturated rings. The number of hydrogen-bond acceptors (Lipinski definition) is 4. The number of ketones is 1. The fraction of sp³-hybridized carbons (Fsp3) is 0.531. The maximum Gasteiger partial charge on any atom is 0.141 e. The van der Waals surface area contributed by atoms with E-state index >= 15 is 0 Å². The Bertz CT molecular complexity index is 925. The largest absolute Gasteiger partial charge is 0.492 e. The van der Waals surface area contributed by atoms with Crippen molar-refractivity contribution in [3.8, 4) is 5.75 Å². The van der Waals surface area contributed by atoms with E-state index < -0.39 is 0 Å². The molecule has 1 N–H and O–H groups in total. The first-order valence-corrected chi connectivity index (χ1v) is 13.6. The lowest BCUT2D eigenvalue weighted by atomic mass is 9.94. The first-order chi connectivity index (χ1) is 17.2. The molecule has 0 saturated carbocycles. The van der Waals surface area contributed by atoms with Crippen molar-refractivity contribution >= 4 is 41.5 Å². The number of ether oxygens (including phenoxy) is 1. The standard InChI is InChI=1S/C31H44N2O2.CH4.HI.H2/c1-4-25(14-10-11-20-32-21-23-35-27-17-8-7-9-18-27)15-13-22-33-24-29(30(34)6-3)28-19-12-16-26(5-2)31(28)33;;;/h5,7-9,12,16-19,25,29,32H,2,4,6,10-11,13-15,20-24H2,1,3H3;1H4;2*1H. The number of carbonyl (C=O) groups excluding carboxylic acids is 1. The minimum atomic E-state index is 0. The molecule has 0 radical (unpaired) electrons. The van der Waals surface area contributed by atoms with E-state index in [0.717, 1.165) is 43.4 Å². The first-order valence-electron chi connectivity index (χ1n) is 13.6. The summed E-state index contributed by atoms with van der Waals surface area (Å²) in [6, 6.07) is 16.3. The van der Waals surface area contributed by atoms with Crippen molar-refractivity contribution in [2.75, 3.05) is 37.7 Å². The van der Waals surface area contributed by atoms with Gasteiger partial charge in [0.15, 0.2) is 0 Å². The topological polar surface area (TPSA) is 41.6 Å². The summed E-state index contributed by atoms with van der Waals surface area (Å²) in [5.41, 5.74) is 3.59. The van der Waals surface area contributed by atoms with E-state index in [9.17, 15) is 4.79 Å². The third-order valence-corrected chi connectivity index (χ3v) is 7.27. The van der Waals surface area contributed by atoms with E-state index in [-0.39, 0.29) is 38.7 Å². The van der Waals surface area contributed by atoms with Crippen molar-refractivity contribution in [2.24, 2.45) is 5.92 Å². The van der Waals surface area contributed by atoms with Gasteiger partial charge in [-0.1, -0.05) is 89.6 Å². The predicted octanol–water partition coefficient (Wildman–Crippen LogP) is 8.36. The zero-order chi connectivity index (χ0) is 24.9. The van der Waals surface area contributed by atoms with Crippen LogP contribution in [-0.2, 0) is 4.79 Å². The van der Waals surface area contributed by atoms with Crippen LogP contribution in [0.4, 0.5) is 5.69 Å². The monoisotopic (exact) mass is 622 g/mol. The van der Waals surface area contributed by atoms with E-state index in [1.54, 1.807) is 0 Å². The molecule has 37 heavy (non-hydrogen) atoms. The van der Waals surface area contributed by atoms with Crippen molar-refractivity contribution in [3.63, 3.8) is 0 Å². The number of nitrogens with zero attached hydrogens (tertiary/aromatic N) is 1. The lowest BCUT2D eigenvalue weighted by molar-refractivity contribution is -0.119. The normalized spacial score (nSPS) is 14.8. The van der Waals surface area contributed by atoms with Gasteiger partial charge in [-0.15, -0.1) is 24.0 Å². The van der Waals surface area contributed by atoms with E-state index in [2.05, 4.69) is 41.9 Å². The Morgan fingerprint density at radius 2 is 1.86 bits per heavy atom. The van der Waals surface area contributed by atoms with Crippen LogP contribution in [-0.4, -0.2) is 38.6 Å². The van der Waals surface area contributed by atoms with Crippen molar-refractivity contribution < 1.29 is 11.0 Å². The van der Waals surface area contributed by atoms with Gasteiger partial charge in [-0.3, -0.25) is 4.79 Å². The molecule has 1 heterocycles. The molecule has 0 aromatic heterocycles. The molecule has 2 aromatic carbocycles. The molecular formula is C32H51IN2O2. The number of nitrogens with one attached hydrogen (secondary N) is 1. The van der Waals surface area contributed by atoms with Gasteiger partial charge in [0, 0.05) is 33.2 Å². The molecule has 5 heteroatoms. The summed E-state index contributed by atoms with van der Waals surface area (Å²) in [6.07, 6.45) is 9.98. The van der Waals surface area contributed by atoms with E-state index in [1.807, 2.05) is 43.3 Å². The fourth-order valence-corrected chi connectivity index (χ4v) is 5.21.